The number of nitrogens with one attached hydrogen (secondary N) is 1. The van der Waals surface area contributed by atoms with Gasteiger partial charge in [-0.2, -0.15) is 0 Å². The molecular weight excluding hydrogens is 320 g/mol. The van der Waals surface area contributed by atoms with E-state index in [0.29, 0.717) is 19.0 Å². The van der Waals surface area contributed by atoms with Crippen LogP contribution in [0.1, 0.15) is 32.4 Å². The van der Waals surface area contributed by atoms with E-state index in [-0.39, 0.29) is 5.91 Å². The minimum absolute atomic E-state index is 0.00713. The number of carbonyl (C=O) groups excluding carboxylic acids is 1. The average molecular weight is 343 g/mol. The first-order valence-corrected chi connectivity index (χ1v) is 7.56. The highest BCUT2D eigenvalue weighted by atomic mass is 79.9. The maximum Gasteiger partial charge on any atom is 0.239 e. The van der Waals surface area contributed by atoms with Crippen LogP contribution >= 0.6 is 15.9 Å². The Bertz CT molecular complexity index is 461. The second-order valence-corrected chi connectivity index (χ2v) is 6.30. The summed E-state index contributed by atoms with van der Waals surface area (Å²) in [4.78, 5) is 13.7. The molecule has 0 radical (unpaired) electrons. The Labute approximate surface area is 129 Å². The largest absolute Gasteiger partial charge is 0.389 e. The summed E-state index contributed by atoms with van der Waals surface area (Å²) >= 11 is 3.48. The van der Waals surface area contributed by atoms with Gasteiger partial charge in [0.05, 0.1) is 18.3 Å². The lowest BCUT2D eigenvalue weighted by Gasteiger charge is -2.21. The fourth-order valence-corrected chi connectivity index (χ4v) is 2.47. The molecule has 0 aliphatic carbocycles. The van der Waals surface area contributed by atoms with Crippen LogP contribution in [-0.4, -0.2) is 31.2 Å². The monoisotopic (exact) mass is 342 g/mol. The summed E-state index contributed by atoms with van der Waals surface area (Å²) < 4.78 is 0.870. The number of halogens is 1. The quantitative estimate of drug-likeness (QED) is 0.835. The number of rotatable bonds is 6. The number of hydrogen-bond acceptors (Lipinski definition) is 3. The van der Waals surface area contributed by atoms with Gasteiger partial charge >= 0.3 is 0 Å². The van der Waals surface area contributed by atoms with Gasteiger partial charge in [0.15, 0.2) is 0 Å². The number of amides is 1. The maximum absolute atomic E-state index is 11.8. The first-order valence-electron chi connectivity index (χ1n) is 6.76. The van der Waals surface area contributed by atoms with Gasteiger partial charge in [0.25, 0.3) is 0 Å². The van der Waals surface area contributed by atoms with Crippen molar-refractivity contribution < 1.29 is 9.90 Å². The molecule has 4 nitrogen and oxygen atoms in total. The number of likely N-dealkylation sites (N-methyl/N-ethyl adjacent to an activating group) is 1. The Hall–Kier alpha value is -1.07. The predicted octanol–water partition coefficient (Wildman–Crippen LogP) is 2.71. The molecular formula is C15H23BrN2O2. The van der Waals surface area contributed by atoms with E-state index >= 15 is 0 Å². The van der Waals surface area contributed by atoms with Crippen LogP contribution in [0.3, 0.4) is 0 Å². The number of anilines is 1. The molecule has 0 unspecified atom stereocenters. The number of benzene rings is 1. The molecule has 0 heterocycles. The van der Waals surface area contributed by atoms with Crippen molar-refractivity contribution in [2.45, 2.75) is 26.9 Å². The molecule has 0 spiro atoms. The van der Waals surface area contributed by atoms with Gasteiger partial charge in [-0.1, -0.05) is 19.9 Å². The highest BCUT2D eigenvalue weighted by Gasteiger charge is 2.12. The van der Waals surface area contributed by atoms with Gasteiger partial charge in [-0.05, 0) is 46.5 Å². The van der Waals surface area contributed by atoms with Crippen LogP contribution in [0.2, 0.25) is 0 Å². The lowest BCUT2D eigenvalue weighted by molar-refractivity contribution is -0.119. The summed E-state index contributed by atoms with van der Waals surface area (Å²) in [5.41, 5.74) is 1.77. The van der Waals surface area contributed by atoms with Crippen molar-refractivity contribution in [2.24, 2.45) is 5.92 Å². The molecule has 0 bridgehead atoms. The lowest BCUT2D eigenvalue weighted by Crippen LogP contribution is -2.37. The van der Waals surface area contributed by atoms with Crippen molar-refractivity contribution in [3.8, 4) is 0 Å². The van der Waals surface area contributed by atoms with E-state index in [1.54, 1.807) is 6.92 Å². The van der Waals surface area contributed by atoms with Crippen LogP contribution < -0.4 is 10.2 Å². The van der Waals surface area contributed by atoms with Crippen LogP contribution in [0.5, 0.6) is 0 Å². The van der Waals surface area contributed by atoms with E-state index in [2.05, 4.69) is 35.1 Å². The molecule has 0 aromatic heterocycles. The summed E-state index contributed by atoms with van der Waals surface area (Å²) in [7, 11) is 1.87. The molecule has 0 aliphatic rings. The molecule has 0 saturated heterocycles. The van der Waals surface area contributed by atoms with Crippen molar-refractivity contribution in [1.29, 1.82) is 0 Å². The molecule has 0 aliphatic heterocycles. The second kappa shape index (κ2) is 7.64. The molecule has 0 saturated carbocycles. The third-order valence-electron chi connectivity index (χ3n) is 2.95. The fraction of sp³-hybridized carbons (Fsp3) is 0.533. The van der Waals surface area contributed by atoms with E-state index in [1.807, 2.05) is 30.1 Å². The van der Waals surface area contributed by atoms with E-state index in [9.17, 15) is 9.90 Å². The Kier molecular flexibility index (Phi) is 6.49. The topological polar surface area (TPSA) is 52.6 Å². The Morgan fingerprint density at radius 2 is 2.05 bits per heavy atom. The zero-order valence-electron chi connectivity index (χ0n) is 12.5. The SMILES string of the molecule is CC(C)CNC(=O)CN(C)c1ccc([C@H](C)O)cc1Br. The number of carbonyl (C=O) groups is 1. The van der Waals surface area contributed by atoms with Crippen molar-refractivity contribution in [3.63, 3.8) is 0 Å². The standard InChI is InChI=1S/C15H23BrN2O2/c1-10(2)8-17-15(20)9-18(4)14-6-5-12(11(3)19)7-13(14)16/h5-7,10-11,19H,8-9H2,1-4H3,(H,17,20)/t11-/m0/s1. The van der Waals surface area contributed by atoms with Crippen LogP contribution in [0, 0.1) is 5.92 Å². The molecule has 112 valence electrons. The van der Waals surface area contributed by atoms with Gasteiger partial charge in [-0.25, -0.2) is 0 Å². The second-order valence-electron chi connectivity index (χ2n) is 5.44. The fourth-order valence-electron chi connectivity index (χ4n) is 1.77. The van der Waals surface area contributed by atoms with Crippen LogP contribution in [0.15, 0.2) is 22.7 Å². The van der Waals surface area contributed by atoms with Gasteiger partial charge in [0.1, 0.15) is 0 Å². The predicted molar refractivity (Wildman–Crippen MR) is 85.9 cm³/mol. The number of nitrogens with zero attached hydrogens (tertiary/aromatic N) is 1. The summed E-state index contributed by atoms with van der Waals surface area (Å²) in [6.45, 7) is 6.85. The molecule has 20 heavy (non-hydrogen) atoms. The van der Waals surface area contributed by atoms with E-state index in [1.165, 1.54) is 0 Å². The molecule has 1 amide bonds. The summed E-state index contributed by atoms with van der Waals surface area (Å²) in [5.74, 6) is 0.453. The van der Waals surface area contributed by atoms with Gasteiger partial charge in [-0.3, -0.25) is 4.79 Å². The third-order valence-corrected chi connectivity index (χ3v) is 3.59. The number of hydrogen-bond donors (Lipinski definition) is 2. The van der Waals surface area contributed by atoms with Crippen molar-refractivity contribution in [2.75, 3.05) is 25.0 Å². The van der Waals surface area contributed by atoms with Gasteiger partial charge in [-0.15, -0.1) is 0 Å². The number of aliphatic hydroxyl groups excluding tert-OH is 1. The van der Waals surface area contributed by atoms with Gasteiger partial charge < -0.3 is 15.3 Å². The van der Waals surface area contributed by atoms with Crippen molar-refractivity contribution >= 4 is 27.5 Å². The minimum atomic E-state index is -0.500. The first kappa shape index (κ1) is 17.0. The van der Waals surface area contributed by atoms with Gasteiger partial charge in [0, 0.05) is 18.1 Å². The molecule has 1 rings (SSSR count). The van der Waals surface area contributed by atoms with E-state index in [4.69, 9.17) is 0 Å². The zero-order valence-corrected chi connectivity index (χ0v) is 14.1. The van der Waals surface area contributed by atoms with Crippen molar-refractivity contribution in [3.05, 3.63) is 28.2 Å². The maximum atomic E-state index is 11.8. The first-order chi connectivity index (χ1) is 9.31. The van der Waals surface area contributed by atoms with E-state index in [0.717, 1.165) is 15.7 Å². The zero-order chi connectivity index (χ0) is 15.3. The summed E-state index contributed by atoms with van der Waals surface area (Å²) in [6, 6.07) is 5.65. The molecule has 0 fully saturated rings. The summed E-state index contributed by atoms with van der Waals surface area (Å²) in [5, 5.41) is 12.4. The van der Waals surface area contributed by atoms with Gasteiger partial charge in [0.2, 0.25) is 5.91 Å². The molecule has 1 aromatic rings. The third kappa shape index (κ3) is 5.13. The molecule has 5 heteroatoms. The van der Waals surface area contributed by atoms with Crippen LogP contribution in [0.25, 0.3) is 0 Å². The normalized spacial score (nSPS) is 12.3. The van der Waals surface area contributed by atoms with Crippen LogP contribution in [-0.2, 0) is 4.79 Å². The summed E-state index contributed by atoms with van der Waals surface area (Å²) in [6.07, 6.45) is -0.500. The molecule has 2 N–H and O–H groups in total. The Morgan fingerprint density at radius 3 is 2.55 bits per heavy atom. The van der Waals surface area contributed by atoms with Crippen molar-refractivity contribution in [1.82, 2.24) is 5.32 Å². The highest BCUT2D eigenvalue weighted by Crippen LogP contribution is 2.28. The smallest absolute Gasteiger partial charge is 0.239 e. The highest BCUT2D eigenvalue weighted by molar-refractivity contribution is 9.10. The molecule has 1 atom stereocenters. The minimum Gasteiger partial charge on any atom is -0.389 e. The van der Waals surface area contributed by atoms with Crippen LogP contribution in [0.4, 0.5) is 5.69 Å². The molecule has 1 aromatic carbocycles. The Morgan fingerprint density at radius 1 is 1.40 bits per heavy atom. The lowest BCUT2D eigenvalue weighted by atomic mass is 10.1. The Balaban J connectivity index is 2.68. The number of aliphatic hydroxyl groups is 1. The van der Waals surface area contributed by atoms with E-state index < -0.39 is 6.10 Å². The average Bonchev–Trinajstić information content (AvgIpc) is 2.35.